The summed E-state index contributed by atoms with van der Waals surface area (Å²) in [5.74, 6) is -0.184. The molecule has 3 aromatic rings. The zero-order chi connectivity index (χ0) is 20.3. The van der Waals surface area contributed by atoms with Crippen molar-refractivity contribution in [1.82, 2.24) is 14.7 Å². The minimum absolute atomic E-state index is 0.0886. The third kappa shape index (κ3) is 3.99. The molecule has 9 nitrogen and oxygen atoms in total. The number of hydrogen-bond donors (Lipinski definition) is 1. The van der Waals surface area contributed by atoms with Gasteiger partial charge < -0.3 is 19.2 Å². The first-order valence-corrected chi connectivity index (χ1v) is 8.71. The van der Waals surface area contributed by atoms with Gasteiger partial charge in [0.1, 0.15) is 11.2 Å². The summed E-state index contributed by atoms with van der Waals surface area (Å²) in [5, 5.41) is 14.6. The minimum atomic E-state index is -0.639. The number of amides is 1. The van der Waals surface area contributed by atoms with E-state index >= 15 is 0 Å². The number of halogens is 1. The Morgan fingerprint density at radius 1 is 1.32 bits per heavy atom. The van der Waals surface area contributed by atoms with Crippen molar-refractivity contribution >= 4 is 28.8 Å². The lowest BCUT2D eigenvalue weighted by Crippen LogP contribution is -2.24. The van der Waals surface area contributed by atoms with Gasteiger partial charge in [0.2, 0.25) is 0 Å². The zero-order valence-corrected chi connectivity index (χ0v) is 15.9. The Balaban J connectivity index is 1.85. The molecule has 0 saturated carbocycles. The van der Waals surface area contributed by atoms with E-state index in [1.807, 2.05) is 0 Å². The van der Waals surface area contributed by atoms with E-state index < -0.39 is 10.8 Å². The summed E-state index contributed by atoms with van der Waals surface area (Å²) in [6, 6.07) is 5.94. The van der Waals surface area contributed by atoms with Gasteiger partial charge in [-0.1, -0.05) is 11.6 Å². The molecule has 2 aromatic heterocycles. The molecule has 0 fully saturated rings. The van der Waals surface area contributed by atoms with E-state index in [0.29, 0.717) is 23.0 Å². The van der Waals surface area contributed by atoms with Crippen molar-refractivity contribution in [2.75, 3.05) is 13.7 Å². The summed E-state index contributed by atoms with van der Waals surface area (Å²) in [4.78, 5) is 27.7. The van der Waals surface area contributed by atoms with E-state index in [9.17, 15) is 14.9 Å². The van der Waals surface area contributed by atoms with Crippen LogP contribution in [0, 0.1) is 10.1 Å². The molecule has 28 heavy (non-hydrogen) atoms. The highest BCUT2D eigenvalue weighted by Gasteiger charge is 2.24. The molecule has 2 heterocycles. The third-order valence-corrected chi connectivity index (χ3v) is 4.14. The van der Waals surface area contributed by atoms with Gasteiger partial charge >= 0.3 is 0 Å². The summed E-state index contributed by atoms with van der Waals surface area (Å²) in [5.41, 5.74) is 0.750. The first-order chi connectivity index (χ1) is 13.4. The van der Waals surface area contributed by atoms with Crippen LogP contribution in [0.15, 0.2) is 36.7 Å². The predicted molar refractivity (Wildman–Crippen MR) is 102 cm³/mol. The molecular formula is C18H17ClN4O5. The van der Waals surface area contributed by atoms with Gasteiger partial charge in [-0.05, 0) is 19.1 Å². The highest BCUT2D eigenvalue weighted by atomic mass is 35.5. The first kappa shape index (κ1) is 19.4. The smallest absolute Gasteiger partial charge is 0.286 e. The first-order valence-electron chi connectivity index (χ1n) is 8.33. The Morgan fingerprint density at radius 2 is 2.11 bits per heavy atom. The van der Waals surface area contributed by atoms with Crippen LogP contribution in [0.3, 0.4) is 0 Å². The van der Waals surface area contributed by atoms with Gasteiger partial charge in [-0.3, -0.25) is 14.9 Å². The second-order valence-corrected chi connectivity index (χ2v) is 6.17. The van der Waals surface area contributed by atoms with Crippen LogP contribution < -0.4 is 14.8 Å². The molecule has 1 aromatic carbocycles. The molecule has 1 amide bonds. The molecule has 0 radical (unpaired) electrons. The summed E-state index contributed by atoms with van der Waals surface area (Å²) >= 11 is 5.94. The average Bonchev–Trinajstić information content (AvgIpc) is 3.07. The van der Waals surface area contributed by atoms with Crippen LogP contribution in [0.4, 0.5) is 5.69 Å². The third-order valence-electron chi connectivity index (χ3n) is 3.92. The Kier molecular flexibility index (Phi) is 5.65. The summed E-state index contributed by atoms with van der Waals surface area (Å²) in [6.45, 7) is 2.17. The summed E-state index contributed by atoms with van der Waals surface area (Å²) in [7, 11) is 1.37. The van der Waals surface area contributed by atoms with Crippen molar-refractivity contribution in [2.24, 2.45) is 0 Å². The molecule has 146 valence electrons. The van der Waals surface area contributed by atoms with Crippen molar-refractivity contribution in [3.63, 3.8) is 0 Å². The Morgan fingerprint density at radius 3 is 2.79 bits per heavy atom. The number of pyridine rings is 1. The lowest BCUT2D eigenvalue weighted by molar-refractivity contribution is -0.385. The Bertz CT molecular complexity index is 1050. The summed E-state index contributed by atoms with van der Waals surface area (Å²) < 4.78 is 12.3. The largest absolute Gasteiger partial charge is 0.493 e. The minimum Gasteiger partial charge on any atom is -0.493 e. The van der Waals surface area contributed by atoms with E-state index in [0.717, 1.165) is 0 Å². The molecule has 0 aliphatic carbocycles. The van der Waals surface area contributed by atoms with Crippen molar-refractivity contribution in [3.8, 4) is 11.5 Å². The fourth-order valence-corrected chi connectivity index (χ4v) is 2.85. The van der Waals surface area contributed by atoms with Crippen LogP contribution in [0.25, 0.3) is 5.65 Å². The van der Waals surface area contributed by atoms with Gasteiger partial charge in [0.05, 0.1) is 42.0 Å². The number of carbonyl (C=O) groups is 1. The summed E-state index contributed by atoms with van der Waals surface area (Å²) in [6.07, 6.45) is 3.41. The highest BCUT2D eigenvalue weighted by molar-refractivity contribution is 6.30. The van der Waals surface area contributed by atoms with Gasteiger partial charge in [-0.25, -0.2) is 4.98 Å². The van der Waals surface area contributed by atoms with Crippen molar-refractivity contribution in [1.29, 1.82) is 0 Å². The van der Waals surface area contributed by atoms with Crippen molar-refractivity contribution < 1.29 is 19.2 Å². The van der Waals surface area contributed by atoms with Crippen LogP contribution in [-0.2, 0) is 6.54 Å². The maximum absolute atomic E-state index is 12.6. The monoisotopic (exact) mass is 404 g/mol. The molecule has 0 bridgehead atoms. The Labute approximate surface area is 165 Å². The van der Waals surface area contributed by atoms with Gasteiger partial charge in [0, 0.05) is 18.5 Å². The highest BCUT2D eigenvalue weighted by Crippen LogP contribution is 2.34. The number of rotatable bonds is 7. The zero-order valence-electron chi connectivity index (χ0n) is 15.1. The van der Waals surface area contributed by atoms with E-state index in [-0.39, 0.29) is 29.3 Å². The standard InChI is InChI=1S/C18H17ClN4O5/c1-3-28-16-6-13(14(23(25)26)7-15(16)27-2)18(24)20-8-12-10-22-9-11(19)4-5-17(22)21-12/h4-7,9-10H,3,8H2,1-2H3,(H,20,24). The van der Waals surface area contributed by atoms with E-state index in [2.05, 4.69) is 10.3 Å². The molecule has 0 spiro atoms. The number of imidazole rings is 1. The lowest BCUT2D eigenvalue weighted by Gasteiger charge is -2.11. The van der Waals surface area contributed by atoms with Gasteiger partial charge in [-0.2, -0.15) is 0 Å². The number of carbonyl (C=O) groups excluding carboxylic acids is 1. The molecule has 0 saturated heterocycles. The number of ether oxygens (including phenoxy) is 2. The normalized spacial score (nSPS) is 10.7. The number of nitrogens with zero attached hydrogens (tertiary/aromatic N) is 3. The molecule has 0 atom stereocenters. The lowest BCUT2D eigenvalue weighted by atomic mass is 10.1. The van der Waals surface area contributed by atoms with Crippen LogP contribution in [0.1, 0.15) is 23.0 Å². The van der Waals surface area contributed by atoms with Crippen LogP contribution in [0.5, 0.6) is 11.5 Å². The number of nitrogens with one attached hydrogen (secondary N) is 1. The number of methoxy groups -OCH3 is 1. The maximum atomic E-state index is 12.6. The van der Waals surface area contributed by atoms with E-state index in [1.54, 1.807) is 35.9 Å². The number of hydrogen-bond acceptors (Lipinski definition) is 6. The van der Waals surface area contributed by atoms with E-state index in [4.69, 9.17) is 21.1 Å². The molecule has 10 heteroatoms. The quantitative estimate of drug-likeness (QED) is 0.478. The number of nitro groups is 1. The molecular weight excluding hydrogens is 388 g/mol. The van der Waals surface area contributed by atoms with Crippen molar-refractivity contribution in [3.05, 3.63) is 63.1 Å². The van der Waals surface area contributed by atoms with Gasteiger partial charge in [0.25, 0.3) is 11.6 Å². The molecule has 3 rings (SSSR count). The number of nitro benzene ring substituents is 1. The number of fused-ring (bicyclic) bond motifs is 1. The second-order valence-electron chi connectivity index (χ2n) is 5.74. The molecule has 1 N–H and O–H groups in total. The second kappa shape index (κ2) is 8.13. The van der Waals surface area contributed by atoms with E-state index in [1.165, 1.54) is 19.2 Å². The fourth-order valence-electron chi connectivity index (χ4n) is 2.68. The van der Waals surface area contributed by atoms with Crippen molar-refractivity contribution in [2.45, 2.75) is 13.5 Å². The van der Waals surface area contributed by atoms with Crippen LogP contribution in [-0.4, -0.2) is 33.9 Å². The number of aromatic nitrogens is 2. The topological polar surface area (TPSA) is 108 Å². The predicted octanol–water partition coefficient (Wildman–Crippen LogP) is 3.23. The average molecular weight is 405 g/mol. The van der Waals surface area contributed by atoms with Crippen LogP contribution >= 0.6 is 11.6 Å². The Hall–Kier alpha value is -3.33. The fraction of sp³-hybridized carbons (Fsp3) is 0.222. The van der Waals surface area contributed by atoms with Crippen LogP contribution in [0.2, 0.25) is 5.02 Å². The van der Waals surface area contributed by atoms with Gasteiger partial charge in [0.15, 0.2) is 11.5 Å². The molecule has 0 aliphatic rings. The molecule has 0 aliphatic heterocycles. The molecule has 0 unspecified atom stereocenters. The number of benzene rings is 1. The van der Waals surface area contributed by atoms with Gasteiger partial charge in [-0.15, -0.1) is 0 Å². The maximum Gasteiger partial charge on any atom is 0.286 e. The SMILES string of the molecule is CCOc1cc(C(=O)NCc2cn3cc(Cl)ccc3n2)c([N+](=O)[O-])cc1OC.